The Hall–Kier alpha value is -3.12. The Morgan fingerprint density at radius 2 is 1.74 bits per heavy atom. The number of nitrogens with zero attached hydrogens (tertiary/aromatic N) is 4. The van der Waals surface area contributed by atoms with Crippen LogP contribution in [-0.2, 0) is 14.8 Å². The largest absolute Gasteiger partial charge is 0.465 e. The van der Waals surface area contributed by atoms with E-state index in [0.717, 1.165) is 31.6 Å². The predicted molar refractivity (Wildman–Crippen MR) is 125 cm³/mol. The SMILES string of the molecule is COC(=O)c1ccc(N2CCCC2)c(NC(=O)N2CCN(S(=O)(=O)c3c(C)noc3C)CC2)c1. The van der Waals surface area contributed by atoms with Gasteiger partial charge in [0.25, 0.3) is 0 Å². The molecule has 2 amide bonds. The molecular weight excluding hydrogens is 462 g/mol. The van der Waals surface area contributed by atoms with Gasteiger partial charge in [-0.3, -0.25) is 0 Å². The lowest BCUT2D eigenvalue weighted by atomic mass is 10.1. The maximum absolute atomic E-state index is 13.1. The van der Waals surface area contributed by atoms with E-state index in [9.17, 15) is 18.0 Å². The van der Waals surface area contributed by atoms with Gasteiger partial charge in [0, 0.05) is 39.3 Å². The number of hydrogen-bond acceptors (Lipinski definition) is 8. The minimum Gasteiger partial charge on any atom is -0.465 e. The first-order valence-electron chi connectivity index (χ1n) is 11.2. The smallest absolute Gasteiger partial charge is 0.337 e. The number of rotatable bonds is 5. The molecule has 0 aliphatic carbocycles. The van der Waals surface area contributed by atoms with Crippen molar-refractivity contribution in [2.75, 3.05) is 56.6 Å². The van der Waals surface area contributed by atoms with Gasteiger partial charge in [0.15, 0.2) is 5.76 Å². The first-order valence-corrected chi connectivity index (χ1v) is 12.6. The molecule has 0 saturated carbocycles. The minimum absolute atomic E-state index is 0.0836. The van der Waals surface area contributed by atoms with Crippen LogP contribution in [0.2, 0.25) is 0 Å². The molecule has 0 radical (unpaired) electrons. The number of urea groups is 1. The standard InChI is InChI=1S/C22H29N5O6S/c1-15-20(16(2)33-24-15)34(30,31)27-12-10-26(11-13-27)22(29)23-18-14-17(21(28)32-3)6-7-19(18)25-8-4-5-9-25/h6-7,14H,4-5,8-13H2,1-3H3,(H,23,29). The van der Waals surface area contributed by atoms with E-state index >= 15 is 0 Å². The second-order valence-electron chi connectivity index (χ2n) is 8.39. The van der Waals surface area contributed by atoms with E-state index in [1.807, 2.05) is 6.07 Å². The van der Waals surface area contributed by atoms with Crippen LogP contribution in [0.1, 0.15) is 34.7 Å². The van der Waals surface area contributed by atoms with Crippen LogP contribution in [0.5, 0.6) is 0 Å². The van der Waals surface area contributed by atoms with E-state index in [2.05, 4.69) is 15.4 Å². The molecule has 1 aromatic carbocycles. The number of hydrogen-bond donors (Lipinski definition) is 1. The number of piperazine rings is 1. The summed E-state index contributed by atoms with van der Waals surface area (Å²) in [6.07, 6.45) is 2.13. The van der Waals surface area contributed by atoms with Crippen LogP contribution in [0, 0.1) is 13.8 Å². The fourth-order valence-electron chi connectivity index (χ4n) is 4.41. The summed E-state index contributed by atoms with van der Waals surface area (Å²) < 4.78 is 37.3. The zero-order chi connectivity index (χ0) is 24.5. The number of esters is 1. The highest BCUT2D eigenvalue weighted by Gasteiger charge is 2.34. The average molecular weight is 492 g/mol. The van der Waals surface area contributed by atoms with E-state index in [-0.39, 0.29) is 42.9 Å². The summed E-state index contributed by atoms with van der Waals surface area (Å²) in [5.41, 5.74) is 2.03. The molecule has 2 aromatic rings. The molecule has 0 spiro atoms. The number of sulfonamides is 1. The Bertz CT molecular complexity index is 1160. The molecule has 2 saturated heterocycles. The van der Waals surface area contributed by atoms with Crippen molar-refractivity contribution >= 4 is 33.4 Å². The normalized spacial score (nSPS) is 17.1. The van der Waals surface area contributed by atoms with E-state index in [4.69, 9.17) is 9.26 Å². The number of nitrogens with one attached hydrogen (secondary N) is 1. The van der Waals surface area contributed by atoms with Crippen LogP contribution in [0.4, 0.5) is 16.2 Å². The van der Waals surface area contributed by atoms with Gasteiger partial charge >= 0.3 is 12.0 Å². The van der Waals surface area contributed by atoms with Crippen molar-refractivity contribution in [3.05, 3.63) is 35.2 Å². The van der Waals surface area contributed by atoms with Crippen LogP contribution >= 0.6 is 0 Å². The zero-order valence-corrected chi connectivity index (χ0v) is 20.4. The number of aromatic nitrogens is 1. The number of anilines is 2. The Balaban J connectivity index is 1.47. The Morgan fingerprint density at radius 1 is 1.06 bits per heavy atom. The molecule has 0 atom stereocenters. The van der Waals surface area contributed by atoms with Crippen LogP contribution < -0.4 is 10.2 Å². The van der Waals surface area contributed by atoms with Crippen LogP contribution in [0.3, 0.4) is 0 Å². The van der Waals surface area contributed by atoms with Gasteiger partial charge in [-0.2, -0.15) is 4.31 Å². The molecular formula is C22H29N5O6S. The van der Waals surface area contributed by atoms with Gasteiger partial charge in [0.2, 0.25) is 10.0 Å². The van der Waals surface area contributed by atoms with Crippen LogP contribution in [-0.4, -0.2) is 81.2 Å². The van der Waals surface area contributed by atoms with Crippen LogP contribution in [0.15, 0.2) is 27.6 Å². The minimum atomic E-state index is -3.76. The fourth-order valence-corrected chi connectivity index (χ4v) is 6.13. The van der Waals surface area contributed by atoms with Gasteiger partial charge in [-0.05, 0) is 44.9 Å². The zero-order valence-electron chi connectivity index (χ0n) is 19.5. The van der Waals surface area contributed by atoms with Crippen molar-refractivity contribution in [3.8, 4) is 0 Å². The Kier molecular flexibility index (Phi) is 6.80. The van der Waals surface area contributed by atoms with Gasteiger partial charge in [-0.1, -0.05) is 5.16 Å². The van der Waals surface area contributed by atoms with Crippen molar-refractivity contribution in [2.24, 2.45) is 0 Å². The topological polar surface area (TPSA) is 125 Å². The molecule has 0 bridgehead atoms. The molecule has 11 nitrogen and oxygen atoms in total. The number of benzene rings is 1. The van der Waals surface area contributed by atoms with Gasteiger partial charge in [-0.25, -0.2) is 18.0 Å². The highest BCUT2D eigenvalue weighted by atomic mass is 32.2. The number of aryl methyl sites for hydroxylation is 2. The first kappa shape index (κ1) is 24.0. The second kappa shape index (κ2) is 9.63. The first-order chi connectivity index (χ1) is 16.2. The van der Waals surface area contributed by atoms with Crippen LogP contribution in [0.25, 0.3) is 0 Å². The quantitative estimate of drug-likeness (QED) is 0.631. The molecule has 1 aromatic heterocycles. The molecule has 2 aliphatic rings. The third-order valence-corrected chi connectivity index (χ3v) is 8.34. The molecule has 2 fully saturated rings. The molecule has 1 N–H and O–H groups in total. The maximum atomic E-state index is 13.1. The van der Waals surface area contributed by atoms with E-state index in [1.165, 1.54) is 11.4 Å². The third kappa shape index (κ3) is 4.60. The number of amides is 2. The van der Waals surface area contributed by atoms with Crippen molar-refractivity contribution < 1.29 is 27.3 Å². The third-order valence-electron chi connectivity index (χ3n) is 6.20. The van der Waals surface area contributed by atoms with Crippen molar-refractivity contribution in [2.45, 2.75) is 31.6 Å². The summed E-state index contributed by atoms with van der Waals surface area (Å²) in [7, 11) is -2.45. The Morgan fingerprint density at radius 3 is 2.32 bits per heavy atom. The summed E-state index contributed by atoms with van der Waals surface area (Å²) in [6.45, 7) is 5.66. The highest BCUT2D eigenvalue weighted by molar-refractivity contribution is 7.89. The number of methoxy groups -OCH3 is 1. The van der Waals surface area contributed by atoms with E-state index < -0.39 is 16.0 Å². The molecule has 34 heavy (non-hydrogen) atoms. The van der Waals surface area contributed by atoms with Gasteiger partial charge in [-0.15, -0.1) is 0 Å². The summed E-state index contributed by atoms with van der Waals surface area (Å²) in [5, 5.41) is 6.66. The van der Waals surface area contributed by atoms with Crippen molar-refractivity contribution in [3.63, 3.8) is 0 Å². The average Bonchev–Trinajstić information content (AvgIpc) is 3.48. The van der Waals surface area contributed by atoms with E-state index in [1.54, 1.807) is 30.9 Å². The molecule has 4 rings (SSSR count). The summed E-state index contributed by atoms with van der Waals surface area (Å²) in [4.78, 5) is 28.9. The molecule has 0 unspecified atom stereocenters. The second-order valence-corrected chi connectivity index (χ2v) is 10.3. The van der Waals surface area contributed by atoms with Gasteiger partial charge in [0.1, 0.15) is 10.6 Å². The van der Waals surface area contributed by atoms with Gasteiger partial charge < -0.3 is 24.4 Å². The lowest BCUT2D eigenvalue weighted by molar-refractivity contribution is 0.0600. The number of carbonyl (C=O) groups excluding carboxylic acids is 2. The lowest BCUT2D eigenvalue weighted by Gasteiger charge is -2.34. The summed E-state index contributed by atoms with van der Waals surface area (Å²) in [6, 6.07) is 4.78. The monoisotopic (exact) mass is 491 g/mol. The number of carbonyl (C=O) groups is 2. The van der Waals surface area contributed by atoms with Gasteiger partial charge in [0.05, 0.1) is 24.0 Å². The molecule has 3 heterocycles. The lowest BCUT2D eigenvalue weighted by Crippen LogP contribution is -2.51. The molecule has 12 heteroatoms. The highest BCUT2D eigenvalue weighted by Crippen LogP contribution is 2.31. The Labute approximate surface area is 198 Å². The summed E-state index contributed by atoms with van der Waals surface area (Å²) >= 11 is 0. The summed E-state index contributed by atoms with van der Waals surface area (Å²) in [5.74, 6) is -0.237. The van der Waals surface area contributed by atoms with E-state index in [0.29, 0.717) is 16.9 Å². The molecule has 2 aliphatic heterocycles. The van der Waals surface area contributed by atoms with Crippen molar-refractivity contribution in [1.29, 1.82) is 0 Å². The fraction of sp³-hybridized carbons (Fsp3) is 0.500. The van der Waals surface area contributed by atoms with Crippen molar-refractivity contribution in [1.82, 2.24) is 14.4 Å². The number of ether oxygens (including phenoxy) is 1. The maximum Gasteiger partial charge on any atom is 0.337 e. The predicted octanol–water partition coefficient (Wildman–Crippen LogP) is 2.22. The molecule has 184 valence electrons.